The summed E-state index contributed by atoms with van der Waals surface area (Å²) in [5.41, 5.74) is 0.527. The van der Waals surface area contributed by atoms with Crippen molar-refractivity contribution in [2.45, 2.75) is 24.9 Å². The summed E-state index contributed by atoms with van der Waals surface area (Å²) < 4.78 is 10.9. The maximum atomic E-state index is 12.7. The molecule has 4 rings (SSSR count). The molecule has 1 aliphatic heterocycles. The van der Waals surface area contributed by atoms with E-state index in [1.54, 1.807) is 18.2 Å². The number of ether oxygens (including phenoxy) is 2. The number of aromatic hydroxyl groups is 1. The van der Waals surface area contributed by atoms with Crippen molar-refractivity contribution >= 4 is 11.6 Å². The number of carbonyl (C=O) groups excluding carboxylic acids is 2. The number of benzene rings is 2. The van der Waals surface area contributed by atoms with Crippen LogP contribution >= 0.6 is 0 Å². The SMILES string of the molecule is O=C1c2ccccc2C(=O)c2c1ccc(O[C@H]1C[C@@H](O)[C@@H](CO)O1)c2O. The Kier molecular flexibility index (Phi) is 3.99. The fourth-order valence-electron chi connectivity index (χ4n) is 3.32. The zero-order valence-corrected chi connectivity index (χ0v) is 13.6. The van der Waals surface area contributed by atoms with E-state index in [4.69, 9.17) is 14.6 Å². The van der Waals surface area contributed by atoms with Gasteiger partial charge in [0.2, 0.25) is 6.29 Å². The summed E-state index contributed by atoms with van der Waals surface area (Å²) in [4.78, 5) is 25.3. The number of aliphatic hydroxyl groups excluding tert-OH is 2. The molecular weight excluding hydrogens is 340 g/mol. The monoisotopic (exact) mass is 356 g/mol. The van der Waals surface area contributed by atoms with E-state index in [0.29, 0.717) is 5.56 Å². The van der Waals surface area contributed by atoms with Gasteiger partial charge in [0, 0.05) is 23.1 Å². The lowest BCUT2D eigenvalue weighted by atomic mass is 9.83. The molecule has 0 aromatic heterocycles. The van der Waals surface area contributed by atoms with Crippen LogP contribution in [0, 0.1) is 0 Å². The molecule has 0 radical (unpaired) electrons. The highest BCUT2D eigenvalue weighted by Gasteiger charge is 2.37. The Morgan fingerprint density at radius 2 is 1.73 bits per heavy atom. The molecule has 3 N–H and O–H groups in total. The minimum atomic E-state index is -0.889. The van der Waals surface area contributed by atoms with Crippen molar-refractivity contribution in [2.24, 2.45) is 0 Å². The highest BCUT2D eigenvalue weighted by molar-refractivity contribution is 6.29. The van der Waals surface area contributed by atoms with Gasteiger partial charge < -0.3 is 24.8 Å². The zero-order valence-electron chi connectivity index (χ0n) is 13.6. The Hall–Kier alpha value is -2.74. The van der Waals surface area contributed by atoms with E-state index in [9.17, 15) is 19.8 Å². The van der Waals surface area contributed by atoms with Gasteiger partial charge in [0.1, 0.15) is 6.10 Å². The van der Waals surface area contributed by atoms with Crippen LogP contribution in [0.2, 0.25) is 0 Å². The Morgan fingerprint density at radius 1 is 1.04 bits per heavy atom. The molecule has 0 amide bonds. The predicted molar refractivity (Wildman–Crippen MR) is 88.4 cm³/mol. The minimum Gasteiger partial charge on any atom is -0.504 e. The third-order valence-electron chi connectivity index (χ3n) is 4.66. The highest BCUT2D eigenvalue weighted by Crippen LogP contribution is 2.39. The van der Waals surface area contributed by atoms with Crippen molar-refractivity contribution in [2.75, 3.05) is 6.61 Å². The first-order valence-electron chi connectivity index (χ1n) is 8.16. The fraction of sp³-hybridized carbons (Fsp3) is 0.263. The van der Waals surface area contributed by atoms with Crippen LogP contribution in [0.5, 0.6) is 11.5 Å². The lowest BCUT2D eigenvalue weighted by molar-refractivity contribution is -0.0938. The summed E-state index contributed by atoms with van der Waals surface area (Å²) in [6.07, 6.45) is -2.43. The van der Waals surface area contributed by atoms with Crippen LogP contribution in [0.25, 0.3) is 0 Å². The molecule has 0 spiro atoms. The topological polar surface area (TPSA) is 113 Å². The number of hydrogen-bond donors (Lipinski definition) is 3. The molecule has 1 fully saturated rings. The molecule has 7 nitrogen and oxygen atoms in total. The molecular formula is C19H16O7. The predicted octanol–water partition coefficient (Wildman–Crippen LogP) is 1.01. The van der Waals surface area contributed by atoms with Crippen molar-refractivity contribution < 1.29 is 34.4 Å². The number of ketones is 2. The zero-order chi connectivity index (χ0) is 18.4. The van der Waals surface area contributed by atoms with Crippen LogP contribution in [0.3, 0.4) is 0 Å². The van der Waals surface area contributed by atoms with Crippen LogP contribution in [0.1, 0.15) is 38.3 Å². The first-order valence-corrected chi connectivity index (χ1v) is 8.16. The van der Waals surface area contributed by atoms with Crippen molar-refractivity contribution in [1.29, 1.82) is 0 Å². The first-order chi connectivity index (χ1) is 12.5. The van der Waals surface area contributed by atoms with E-state index in [0.717, 1.165) is 0 Å². The molecule has 1 heterocycles. The van der Waals surface area contributed by atoms with E-state index in [-0.39, 0.29) is 41.3 Å². The van der Waals surface area contributed by atoms with Gasteiger partial charge in [-0.25, -0.2) is 0 Å². The van der Waals surface area contributed by atoms with Crippen LogP contribution in [0.15, 0.2) is 36.4 Å². The Morgan fingerprint density at radius 3 is 2.38 bits per heavy atom. The quantitative estimate of drug-likeness (QED) is 0.642. The standard InChI is InChI=1S/C19H16O7/c20-8-14-12(21)7-15(26-14)25-13-6-5-11-16(19(13)24)18(23)10-4-2-1-3-9(10)17(11)22/h1-6,12,14-15,20-21,24H,7-8H2/t12-,14-,15-/m1/s1. The molecule has 2 aromatic rings. The van der Waals surface area contributed by atoms with Crippen LogP contribution in [0.4, 0.5) is 0 Å². The van der Waals surface area contributed by atoms with E-state index < -0.39 is 30.0 Å². The van der Waals surface area contributed by atoms with Gasteiger partial charge in [0.05, 0.1) is 18.3 Å². The Bertz CT molecular complexity index is 905. The molecule has 2 aromatic carbocycles. The van der Waals surface area contributed by atoms with Gasteiger partial charge in [-0.05, 0) is 12.1 Å². The summed E-state index contributed by atoms with van der Waals surface area (Å²) in [5.74, 6) is -1.27. The van der Waals surface area contributed by atoms with Gasteiger partial charge in [-0.15, -0.1) is 0 Å². The van der Waals surface area contributed by atoms with Crippen molar-refractivity contribution in [3.05, 3.63) is 58.7 Å². The largest absolute Gasteiger partial charge is 0.504 e. The number of aliphatic hydroxyl groups is 2. The molecule has 0 unspecified atom stereocenters. The maximum Gasteiger partial charge on any atom is 0.203 e. The van der Waals surface area contributed by atoms with Crippen LogP contribution in [-0.2, 0) is 4.74 Å². The maximum absolute atomic E-state index is 12.7. The molecule has 134 valence electrons. The van der Waals surface area contributed by atoms with Gasteiger partial charge in [-0.3, -0.25) is 9.59 Å². The summed E-state index contributed by atoms with van der Waals surface area (Å²) in [6.45, 7) is -0.360. The summed E-state index contributed by atoms with van der Waals surface area (Å²) in [5, 5.41) is 29.4. The molecule has 26 heavy (non-hydrogen) atoms. The van der Waals surface area contributed by atoms with Gasteiger partial charge in [-0.2, -0.15) is 0 Å². The van der Waals surface area contributed by atoms with Gasteiger partial charge in [0.25, 0.3) is 0 Å². The molecule has 3 atom stereocenters. The number of fused-ring (bicyclic) bond motifs is 2. The average molecular weight is 356 g/mol. The molecule has 1 saturated heterocycles. The second kappa shape index (κ2) is 6.21. The average Bonchev–Trinajstić information content (AvgIpc) is 3.00. The second-order valence-corrected chi connectivity index (χ2v) is 6.25. The molecule has 7 heteroatoms. The molecule has 0 saturated carbocycles. The summed E-state index contributed by atoms with van der Waals surface area (Å²) in [7, 11) is 0. The second-order valence-electron chi connectivity index (χ2n) is 6.25. The van der Waals surface area contributed by atoms with Crippen LogP contribution < -0.4 is 4.74 Å². The summed E-state index contributed by atoms with van der Waals surface area (Å²) in [6, 6.07) is 9.24. The highest BCUT2D eigenvalue weighted by atomic mass is 16.7. The molecule has 0 bridgehead atoms. The number of rotatable bonds is 3. The smallest absolute Gasteiger partial charge is 0.203 e. The van der Waals surface area contributed by atoms with Crippen molar-refractivity contribution in [3.63, 3.8) is 0 Å². The third-order valence-corrected chi connectivity index (χ3v) is 4.66. The van der Waals surface area contributed by atoms with E-state index in [2.05, 4.69) is 0 Å². The van der Waals surface area contributed by atoms with E-state index in [1.807, 2.05) is 0 Å². The lowest BCUT2D eigenvalue weighted by Crippen LogP contribution is -2.25. The number of phenolic OH excluding ortho intramolecular Hbond substituents is 1. The van der Waals surface area contributed by atoms with E-state index in [1.165, 1.54) is 18.2 Å². The molecule has 2 aliphatic rings. The first kappa shape index (κ1) is 16.7. The fourth-order valence-corrected chi connectivity index (χ4v) is 3.32. The van der Waals surface area contributed by atoms with E-state index >= 15 is 0 Å². The lowest BCUT2D eigenvalue weighted by Gasteiger charge is -2.21. The van der Waals surface area contributed by atoms with Gasteiger partial charge >= 0.3 is 0 Å². The summed E-state index contributed by atoms with van der Waals surface area (Å²) >= 11 is 0. The van der Waals surface area contributed by atoms with Gasteiger partial charge in [0.15, 0.2) is 23.1 Å². The number of hydrogen-bond acceptors (Lipinski definition) is 7. The Labute approximate surface area is 148 Å². The molecule has 1 aliphatic carbocycles. The minimum absolute atomic E-state index is 0.0277. The Balaban J connectivity index is 1.69. The number of phenols is 1. The van der Waals surface area contributed by atoms with Crippen molar-refractivity contribution in [1.82, 2.24) is 0 Å². The van der Waals surface area contributed by atoms with Crippen molar-refractivity contribution in [3.8, 4) is 11.5 Å². The van der Waals surface area contributed by atoms with Gasteiger partial charge in [-0.1, -0.05) is 24.3 Å². The number of carbonyl (C=O) groups is 2. The third kappa shape index (κ3) is 2.48. The van der Waals surface area contributed by atoms with Crippen LogP contribution in [-0.4, -0.2) is 52.0 Å². The normalized spacial score (nSPS) is 24.3.